The second-order valence-electron chi connectivity index (χ2n) is 4.40. The molecule has 0 spiro atoms. The third-order valence-corrected chi connectivity index (χ3v) is 2.57. The summed E-state index contributed by atoms with van der Waals surface area (Å²) in [5.41, 5.74) is 5.50. The molecule has 0 heterocycles. The lowest BCUT2D eigenvalue weighted by molar-refractivity contribution is -0.123. The van der Waals surface area contributed by atoms with E-state index in [1.807, 2.05) is 13.8 Å². The lowest BCUT2D eigenvalue weighted by Gasteiger charge is -2.19. The Balaban J connectivity index is 4.16. The predicted molar refractivity (Wildman–Crippen MR) is 67.6 cm³/mol. The molecule has 0 rings (SSSR count). The van der Waals surface area contributed by atoms with E-state index in [0.29, 0.717) is 12.3 Å². The maximum atomic E-state index is 11.7. The highest BCUT2D eigenvalue weighted by atomic mass is 32.1. The molecule has 0 saturated heterocycles. The van der Waals surface area contributed by atoms with Crippen LogP contribution in [0, 0.1) is 11.8 Å². The van der Waals surface area contributed by atoms with Crippen LogP contribution in [0.5, 0.6) is 0 Å². The van der Waals surface area contributed by atoms with Gasteiger partial charge in [0.25, 0.3) is 0 Å². The van der Waals surface area contributed by atoms with E-state index >= 15 is 0 Å². The van der Waals surface area contributed by atoms with Gasteiger partial charge in [-0.1, -0.05) is 33.0 Å². The number of amides is 1. The first-order chi connectivity index (χ1) is 6.88. The molecule has 0 bridgehead atoms. The van der Waals surface area contributed by atoms with E-state index in [0.717, 1.165) is 6.42 Å². The molecule has 2 atom stereocenters. The zero-order valence-electron chi connectivity index (χ0n) is 10.0. The highest BCUT2D eigenvalue weighted by Crippen LogP contribution is 2.07. The van der Waals surface area contributed by atoms with Crippen molar-refractivity contribution in [1.29, 1.82) is 0 Å². The van der Waals surface area contributed by atoms with Crippen LogP contribution in [-0.2, 0) is 4.79 Å². The van der Waals surface area contributed by atoms with Crippen LogP contribution in [0.3, 0.4) is 0 Å². The molecule has 4 heteroatoms. The van der Waals surface area contributed by atoms with Crippen LogP contribution in [0.4, 0.5) is 0 Å². The topological polar surface area (TPSA) is 55.1 Å². The lowest BCUT2D eigenvalue weighted by atomic mass is 10.0. The van der Waals surface area contributed by atoms with Crippen molar-refractivity contribution >= 4 is 23.1 Å². The van der Waals surface area contributed by atoms with Gasteiger partial charge in [0.05, 0.1) is 10.9 Å². The van der Waals surface area contributed by atoms with E-state index < -0.39 is 0 Å². The van der Waals surface area contributed by atoms with E-state index in [9.17, 15) is 4.79 Å². The van der Waals surface area contributed by atoms with Gasteiger partial charge in [0, 0.05) is 6.04 Å². The van der Waals surface area contributed by atoms with Crippen LogP contribution in [0.25, 0.3) is 0 Å². The SMILES string of the molecule is CCC(C(=O)NC(C)CC(C)C)C(N)=S. The summed E-state index contributed by atoms with van der Waals surface area (Å²) in [6.45, 7) is 8.18. The molecule has 1 amide bonds. The Morgan fingerprint density at radius 1 is 1.40 bits per heavy atom. The van der Waals surface area contributed by atoms with Gasteiger partial charge in [-0.05, 0) is 25.7 Å². The molecule has 2 unspecified atom stereocenters. The number of nitrogens with one attached hydrogen (secondary N) is 1. The average Bonchev–Trinajstić information content (AvgIpc) is 2.01. The largest absolute Gasteiger partial charge is 0.393 e. The molecule has 0 aliphatic carbocycles. The summed E-state index contributed by atoms with van der Waals surface area (Å²) in [7, 11) is 0. The number of carbonyl (C=O) groups excluding carboxylic acids is 1. The summed E-state index contributed by atoms with van der Waals surface area (Å²) in [5, 5.41) is 2.94. The fourth-order valence-electron chi connectivity index (χ4n) is 1.63. The first-order valence-electron chi connectivity index (χ1n) is 5.48. The van der Waals surface area contributed by atoms with Crippen molar-refractivity contribution in [3.05, 3.63) is 0 Å². The number of rotatable bonds is 6. The van der Waals surface area contributed by atoms with Crippen molar-refractivity contribution in [3.8, 4) is 0 Å². The van der Waals surface area contributed by atoms with Crippen molar-refractivity contribution in [2.75, 3.05) is 0 Å². The molecule has 0 aliphatic rings. The van der Waals surface area contributed by atoms with Crippen molar-refractivity contribution in [1.82, 2.24) is 5.32 Å². The first kappa shape index (κ1) is 14.4. The highest BCUT2D eigenvalue weighted by Gasteiger charge is 2.20. The monoisotopic (exact) mass is 230 g/mol. The molecule has 0 aromatic rings. The van der Waals surface area contributed by atoms with Gasteiger partial charge in [0.15, 0.2) is 0 Å². The minimum atomic E-state index is -0.324. The van der Waals surface area contributed by atoms with Gasteiger partial charge in [-0.3, -0.25) is 4.79 Å². The summed E-state index contributed by atoms with van der Waals surface area (Å²) in [6.07, 6.45) is 1.63. The van der Waals surface area contributed by atoms with Crippen LogP contribution in [0.1, 0.15) is 40.5 Å². The molecule has 0 saturated carbocycles. The van der Waals surface area contributed by atoms with Gasteiger partial charge >= 0.3 is 0 Å². The van der Waals surface area contributed by atoms with Crippen LogP contribution in [0.2, 0.25) is 0 Å². The van der Waals surface area contributed by atoms with Gasteiger partial charge in [-0.15, -0.1) is 0 Å². The Hall–Kier alpha value is -0.640. The van der Waals surface area contributed by atoms with E-state index in [-0.39, 0.29) is 22.9 Å². The van der Waals surface area contributed by atoms with Gasteiger partial charge < -0.3 is 11.1 Å². The summed E-state index contributed by atoms with van der Waals surface area (Å²) in [5.74, 6) is 0.206. The summed E-state index contributed by atoms with van der Waals surface area (Å²) in [6, 6.07) is 0.181. The zero-order valence-corrected chi connectivity index (χ0v) is 10.9. The van der Waals surface area contributed by atoms with Gasteiger partial charge in [-0.25, -0.2) is 0 Å². The standard InChI is InChI=1S/C11H22N2OS/c1-5-9(10(12)15)11(14)13-8(4)6-7(2)3/h7-9H,5-6H2,1-4H3,(H2,12,15)(H,13,14). The van der Waals surface area contributed by atoms with Gasteiger partial charge in [0.1, 0.15) is 0 Å². The Kier molecular flexibility index (Phi) is 6.48. The second-order valence-corrected chi connectivity index (χ2v) is 4.87. The smallest absolute Gasteiger partial charge is 0.230 e. The predicted octanol–water partition coefficient (Wildman–Crippen LogP) is 1.85. The number of thiocarbonyl (C=S) groups is 1. The molecule has 15 heavy (non-hydrogen) atoms. The third kappa shape index (κ3) is 5.72. The average molecular weight is 230 g/mol. The molecular weight excluding hydrogens is 208 g/mol. The molecule has 0 aromatic carbocycles. The van der Waals surface area contributed by atoms with E-state index in [1.54, 1.807) is 0 Å². The normalized spacial score (nSPS) is 14.7. The summed E-state index contributed by atoms with van der Waals surface area (Å²) < 4.78 is 0. The first-order valence-corrected chi connectivity index (χ1v) is 5.89. The number of hydrogen-bond donors (Lipinski definition) is 2. The third-order valence-electron chi connectivity index (χ3n) is 2.28. The number of nitrogens with two attached hydrogens (primary N) is 1. The van der Waals surface area contributed by atoms with Crippen LogP contribution >= 0.6 is 12.2 Å². The minimum Gasteiger partial charge on any atom is -0.393 e. The molecule has 0 aromatic heterocycles. The van der Waals surface area contributed by atoms with E-state index in [2.05, 4.69) is 19.2 Å². The van der Waals surface area contributed by atoms with Crippen molar-refractivity contribution in [2.24, 2.45) is 17.6 Å². The Morgan fingerprint density at radius 2 is 1.93 bits per heavy atom. The summed E-state index contributed by atoms with van der Waals surface area (Å²) in [4.78, 5) is 12.0. The molecule has 88 valence electrons. The van der Waals surface area contributed by atoms with Crippen molar-refractivity contribution in [2.45, 2.75) is 46.6 Å². The van der Waals surface area contributed by atoms with Crippen molar-refractivity contribution in [3.63, 3.8) is 0 Å². The van der Waals surface area contributed by atoms with E-state index in [1.165, 1.54) is 0 Å². The van der Waals surface area contributed by atoms with Crippen molar-refractivity contribution < 1.29 is 4.79 Å². The van der Waals surface area contributed by atoms with E-state index in [4.69, 9.17) is 18.0 Å². The zero-order chi connectivity index (χ0) is 12.0. The van der Waals surface area contributed by atoms with Crippen LogP contribution in [0.15, 0.2) is 0 Å². The molecule has 3 nitrogen and oxygen atoms in total. The molecule has 3 N–H and O–H groups in total. The maximum Gasteiger partial charge on any atom is 0.230 e. The molecule has 0 aliphatic heterocycles. The minimum absolute atomic E-state index is 0.0434. The Labute approximate surface area is 97.8 Å². The Morgan fingerprint density at radius 3 is 2.27 bits per heavy atom. The fourth-order valence-corrected chi connectivity index (χ4v) is 1.90. The fraction of sp³-hybridized carbons (Fsp3) is 0.818. The van der Waals surface area contributed by atoms with Gasteiger partial charge in [-0.2, -0.15) is 0 Å². The Bertz CT molecular complexity index is 229. The number of carbonyl (C=O) groups is 1. The maximum absolute atomic E-state index is 11.7. The van der Waals surface area contributed by atoms with Crippen LogP contribution < -0.4 is 11.1 Å². The lowest BCUT2D eigenvalue weighted by Crippen LogP contribution is -2.42. The van der Waals surface area contributed by atoms with Crippen LogP contribution in [-0.4, -0.2) is 16.9 Å². The number of hydrogen-bond acceptors (Lipinski definition) is 2. The quantitative estimate of drug-likeness (QED) is 0.685. The summed E-state index contributed by atoms with van der Waals surface area (Å²) >= 11 is 4.85. The van der Waals surface area contributed by atoms with Gasteiger partial charge in [0.2, 0.25) is 5.91 Å². The molecule has 0 radical (unpaired) electrons. The highest BCUT2D eigenvalue weighted by molar-refractivity contribution is 7.80. The molecule has 0 fully saturated rings. The second kappa shape index (κ2) is 6.77. The molecular formula is C11H22N2OS.